The number of rotatable bonds is 4. The van der Waals surface area contributed by atoms with E-state index in [0.29, 0.717) is 29.7 Å². The van der Waals surface area contributed by atoms with Gasteiger partial charge in [-0.1, -0.05) is 19.9 Å². The lowest BCUT2D eigenvalue weighted by molar-refractivity contribution is -0.139. The molecule has 0 saturated carbocycles. The molecule has 1 aromatic rings. The Morgan fingerprint density at radius 1 is 1.36 bits per heavy atom. The topological polar surface area (TPSA) is 108 Å². The van der Waals surface area contributed by atoms with E-state index in [4.69, 9.17) is 19.9 Å². The van der Waals surface area contributed by atoms with Crippen molar-refractivity contribution >= 4 is 11.8 Å². The molecule has 1 aliphatic heterocycles. The molecule has 0 fully saturated rings. The number of phenols is 1. The quantitative estimate of drug-likeness (QED) is 0.765. The first-order valence-electron chi connectivity index (χ1n) is 9.16. The van der Waals surface area contributed by atoms with Gasteiger partial charge in [0.25, 0.3) is 0 Å². The van der Waals surface area contributed by atoms with Crippen molar-refractivity contribution in [2.75, 3.05) is 13.7 Å². The molecule has 150 valence electrons. The number of carbonyl (C=O) groups is 2. The lowest BCUT2D eigenvalue weighted by Gasteiger charge is -2.38. The van der Waals surface area contributed by atoms with Crippen LogP contribution in [0.1, 0.15) is 45.1 Å². The van der Waals surface area contributed by atoms with E-state index in [1.165, 1.54) is 13.2 Å². The first-order valence-corrected chi connectivity index (χ1v) is 9.16. The molecule has 7 nitrogen and oxygen atoms in total. The van der Waals surface area contributed by atoms with Crippen LogP contribution in [0.2, 0.25) is 0 Å². The number of nitrogens with two attached hydrogens (primary N) is 1. The summed E-state index contributed by atoms with van der Waals surface area (Å²) in [7, 11) is 1.43. The van der Waals surface area contributed by atoms with E-state index in [9.17, 15) is 14.7 Å². The van der Waals surface area contributed by atoms with Crippen molar-refractivity contribution in [2.24, 2.45) is 11.1 Å². The molecule has 3 rings (SSSR count). The second-order valence-electron chi connectivity index (χ2n) is 7.74. The van der Waals surface area contributed by atoms with Crippen LogP contribution in [0.3, 0.4) is 0 Å². The molecular weight excluding hydrogens is 362 g/mol. The van der Waals surface area contributed by atoms with Crippen LogP contribution in [-0.2, 0) is 19.1 Å². The zero-order valence-electron chi connectivity index (χ0n) is 16.5. The first kappa shape index (κ1) is 19.8. The van der Waals surface area contributed by atoms with Crippen molar-refractivity contribution in [2.45, 2.75) is 39.5 Å². The Morgan fingerprint density at radius 3 is 2.71 bits per heavy atom. The number of carbonyl (C=O) groups excluding carboxylic acids is 2. The smallest absolute Gasteiger partial charge is 0.340 e. The van der Waals surface area contributed by atoms with E-state index in [2.05, 4.69) is 0 Å². The van der Waals surface area contributed by atoms with Gasteiger partial charge in [-0.2, -0.15) is 0 Å². The maximum Gasteiger partial charge on any atom is 0.340 e. The van der Waals surface area contributed by atoms with Crippen molar-refractivity contribution in [1.29, 1.82) is 0 Å². The Morgan fingerprint density at radius 2 is 2.07 bits per heavy atom. The standard InChI is InChI=1S/C21H25NO6/c1-5-27-20(25)18-16(11-6-7-12(23)14(8-11)26-4)17-13(24)9-21(2,3)10-15(17)28-19(18)22/h6-8,16,23H,5,9-10,22H2,1-4H3/t16-/m1/s1. The molecule has 7 heteroatoms. The summed E-state index contributed by atoms with van der Waals surface area (Å²) in [5.74, 6) is -0.891. The fraction of sp³-hybridized carbons (Fsp3) is 0.429. The molecule has 0 bridgehead atoms. The number of aromatic hydroxyl groups is 1. The fourth-order valence-corrected chi connectivity index (χ4v) is 3.80. The average molecular weight is 387 g/mol. The van der Waals surface area contributed by atoms with Gasteiger partial charge in [-0.25, -0.2) is 4.79 Å². The number of hydrogen-bond donors (Lipinski definition) is 2. The molecule has 1 aliphatic carbocycles. The number of phenolic OH excluding ortho intramolecular Hbond substituents is 1. The van der Waals surface area contributed by atoms with Crippen molar-refractivity contribution in [3.8, 4) is 11.5 Å². The van der Waals surface area contributed by atoms with E-state index >= 15 is 0 Å². The van der Waals surface area contributed by atoms with Crippen LogP contribution in [-0.4, -0.2) is 30.6 Å². The molecule has 3 N–H and O–H groups in total. The maximum atomic E-state index is 13.0. The maximum absolute atomic E-state index is 13.0. The highest BCUT2D eigenvalue weighted by molar-refractivity contribution is 6.03. The molecule has 0 spiro atoms. The number of benzene rings is 1. The average Bonchev–Trinajstić information content (AvgIpc) is 2.60. The molecule has 0 aromatic heterocycles. The molecule has 1 atom stereocenters. The van der Waals surface area contributed by atoms with Gasteiger partial charge in [-0.05, 0) is 30.0 Å². The third-order valence-corrected chi connectivity index (χ3v) is 4.99. The molecule has 2 aliphatic rings. The van der Waals surface area contributed by atoms with Crippen LogP contribution in [0.25, 0.3) is 0 Å². The summed E-state index contributed by atoms with van der Waals surface area (Å²) in [4.78, 5) is 25.7. The summed E-state index contributed by atoms with van der Waals surface area (Å²) < 4.78 is 16.1. The summed E-state index contributed by atoms with van der Waals surface area (Å²) in [6.07, 6.45) is 0.855. The van der Waals surface area contributed by atoms with Gasteiger partial charge in [0.15, 0.2) is 17.3 Å². The largest absolute Gasteiger partial charge is 0.504 e. The van der Waals surface area contributed by atoms with Gasteiger partial charge in [0, 0.05) is 18.4 Å². The van der Waals surface area contributed by atoms with E-state index in [1.807, 2.05) is 13.8 Å². The third kappa shape index (κ3) is 3.44. The number of esters is 1. The van der Waals surface area contributed by atoms with Crippen LogP contribution < -0.4 is 10.5 Å². The number of hydrogen-bond acceptors (Lipinski definition) is 7. The summed E-state index contributed by atoms with van der Waals surface area (Å²) in [6, 6.07) is 4.69. The number of methoxy groups -OCH3 is 1. The zero-order valence-corrected chi connectivity index (χ0v) is 16.5. The Kier molecular flexibility index (Phi) is 5.10. The Bertz CT molecular complexity index is 896. The number of Topliss-reactive ketones (excluding diaryl/α,β-unsaturated/α-hetero) is 1. The number of ketones is 1. The molecule has 1 aromatic carbocycles. The van der Waals surface area contributed by atoms with E-state index < -0.39 is 11.9 Å². The van der Waals surface area contributed by atoms with Gasteiger partial charge < -0.3 is 25.1 Å². The Balaban J connectivity index is 2.21. The van der Waals surface area contributed by atoms with Crippen LogP contribution in [0.5, 0.6) is 11.5 Å². The highest BCUT2D eigenvalue weighted by Crippen LogP contribution is 2.49. The SMILES string of the molecule is CCOC(=O)C1=C(N)OC2=C(C(=O)CC(C)(C)C2)[C@H]1c1ccc(O)c(OC)c1. The van der Waals surface area contributed by atoms with Gasteiger partial charge in [-0.3, -0.25) is 4.79 Å². The number of allylic oxidation sites excluding steroid dienone is 2. The molecule has 0 saturated heterocycles. The van der Waals surface area contributed by atoms with Crippen LogP contribution in [0, 0.1) is 5.41 Å². The third-order valence-electron chi connectivity index (χ3n) is 4.99. The summed E-state index contributed by atoms with van der Waals surface area (Å²) >= 11 is 0. The lowest BCUT2D eigenvalue weighted by Crippen LogP contribution is -2.35. The predicted octanol–water partition coefficient (Wildman–Crippen LogP) is 2.89. The Hall–Kier alpha value is -2.96. The van der Waals surface area contributed by atoms with Gasteiger partial charge in [0.1, 0.15) is 11.3 Å². The van der Waals surface area contributed by atoms with Crippen molar-refractivity contribution in [3.63, 3.8) is 0 Å². The zero-order chi connectivity index (χ0) is 20.6. The van der Waals surface area contributed by atoms with E-state index in [1.54, 1.807) is 19.1 Å². The molecule has 28 heavy (non-hydrogen) atoms. The summed E-state index contributed by atoms with van der Waals surface area (Å²) in [6.45, 7) is 5.82. The summed E-state index contributed by atoms with van der Waals surface area (Å²) in [5, 5.41) is 9.94. The fourth-order valence-electron chi connectivity index (χ4n) is 3.80. The van der Waals surface area contributed by atoms with Gasteiger partial charge in [0.2, 0.25) is 5.88 Å². The monoisotopic (exact) mass is 387 g/mol. The molecule has 0 unspecified atom stereocenters. The first-order chi connectivity index (χ1) is 13.2. The van der Waals surface area contributed by atoms with Crippen molar-refractivity contribution in [3.05, 3.63) is 46.6 Å². The van der Waals surface area contributed by atoms with Gasteiger partial charge in [0.05, 0.1) is 19.6 Å². The van der Waals surface area contributed by atoms with E-state index in [-0.39, 0.29) is 40.8 Å². The minimum atomic E-state index is -0.749. The highest BCUT2D eigenvalue weighted by Gasteiger charge is 2.45. The van der Waals surface area contributed by atoms with Crippen LogP contribution in [0.4, 0.5) is 0 Å². The summed E-state index contributed by atoms with van der Waals surface area (Å²) in [5.41, 5.74) is 6.92. The molecule has 0 amide bonds. The molecule has 1 heterocycles. The van der Waals surface area contributed by atoms with Gasteiger partial charge in [-0.15, -0.1) is 0 Å². The molecular formula is C21H25NO6. The van der Waals surface area contributed by atoms with Gasteiger partial charge >= 0.3 is 5.97 Å². The number of ether oxygens (including phenoxy) is 3. The molecule has 0 radical (unpaired) electrons. The Labute approximate surface area is 163 Å². The highest BCUT2D eigenvalue weighted by atomic mass is 16.5. The second kappa shape index (κ2) is 7.22. The van der Waals surface area contributed by atoms with Crippen LogP contribution >= 0.6 is 0 Å². The minimum Gasteiger partial charge on any atom is -0.504 e. The van der Waals surface area contributed by atoms with Crippen LogP contribution in [0.15, 0.2) is 41.0 Å². The lowest BCUT2D eigenvalue weighted by atomic mass is 9.70. The second-order valence-corrected chi connectivity index (χ2v) is 7.74. The van der Waals surface area contributed by atoms with E-state index in [0.717, 1.165) is 0 Å². The minimum absolute atomic E-state index is 0.0433. The normalized spacial score (nSPS) is 21.1. The van der Waals surface area contributed by atoms with Crippen molar-refractivity contribution < 1.29 is 28.9 Å². The predicted molar refractivity (Wildman–Crippen MR) is 101 cm³/mol. The van der Waals surface area contributed by atoms with Crippen molar-refractivity contribution in [1.82, 2.24) is 0 Å².